The van der Waals surface area contributed by atoms with Crippen LogP contribution in [0.4, 0.5) is 4.79 Å². The maximum atomic E-state index is 11.7. The topological polar surface area (TPSA) is 67.2 Å². The van der Waals surface area contributed by atoms with Crippen LogP contribution < -0.4 is 16.4 Å². The number of nitrogens with one attached hydrogen (secondary N) is 2. The lowest BCUT2D eigenvalue weighted by Gasteiger charge is -2.22. The summed E-state index contributed by atoms with van der Waals surface area (Å²) in [6, 6.07) is -0.0611. The van der Waals surface area contributed by atoms with E-state index in [9.17, 15) is 4.79 Å². The highest BCUT2D eigenvalue weighted by molar-refractivity contribution is 7.80. The van der Waals surface area contributed by atoms with Crippen LogP contribution in [0.15, 0.2) is 0 Å². The van der Waals surface area contributed by atoms with Crippen LogP contribution in [0.25, 0.3) is 0 Å². The molecule has 0 aromatic rings. The maximum absolute atomic E-state index is 11.7. The molecule has 0 heterocycles. The Bertz CT molecular complexity index is 262. The molecular formula is C11H21N3OS. The summed E-state index contributed by atoms with van der Waals surface area (Å²) in [4.78, 5) is 12.0. The quantitative estimate of drug-likeness (QED) is 0.656. The third-order valence-corrected chi connectivity index (χ3v) is 3.20. The highest BCUT2D eigenvalue weighted by Gasteiger charge is 2.21. The fourth-order valence-electron chi connectivity index (χ4n) is 2.00. The van der Waals surface area contributed by atoms with Gasteiger partial charge in [0, 0.05) is 6.04 Å². The molecule has 4 nitrogen and oxygen atoms in total. The normalized spacial score (nSPS) is 18.4. The van der Waals surface area contributed by atoms with Gasteiger partial charge in [-0.3, -0.25) is 0 Å². The van der Waals surface area contributed by atoms with Crippen LogP contribution in [0.3, 0.4) is 0 Å². The molecule has 16 heavy (non-hydrogen) atoms. The first-order valence-corrected chi connectivity index (χ1v) is 6.28. The Hall–Kier alpha value is -0.840. The van der Waals surface area contributed by atoms with E-state index in [0.717, 1.165) is 12.8 Å². The zero-order chi connectivity index (χ0) is 12.1. The average Bonchev–Trinajstić information content (AvgIpc) is 2.65. The second-order valence-electron chi connectivity index (χ2n) is 4.72. The molecule has 1 rings (SSSR count). The Morgan fingerprint density at radius 1 is 1.38 bits per heavy atom. The van der Waals surface area contributed by atoms with E-state index < -0.39 is 0 Å². The van der Waals surface area contributed by atoms with Crippen molar-refractivity contribution in [3.8, 4) is 0 Å². The summed E-state index contributed by atoms with van der Waals surface area (Å²) < 4.78 is 0. The van der Waals surface area contributed by atoms with Crippen molar-refractivity contribution < 1.29 is 4.79 Å². The Kier molecular flexibility index (Phi) is 4.99. The van der Waals surface area contributed by atoms with Gasteiger partial charge in [0.1, 0.15) is 0 Å². The summed E-state index contributed by atoms with van der Waals surface area (Å²) in [7, 11) is 0. The molecule has 1 atom stereocenters. The van der Waals surface area contributed by atoms with Gasteiger partial charge in [-0.25, -0.2) is 4.79 Å². The third-order valence-electron chi connectivity index (χ3n) is 2.95. The number of thiocarbonyl (C=S) groups is 1. The van der Waals surface area contributed by atoms with Crippen LogP contribution in [0, 0.1) is 5.92 Å². The molecule has 92 valence electrons. The second-order valence-corrected chi connectivity index (χ2v) is 5.19. The molecule has 0 saturated heterocycles. The number of carbonyl (C=O) groups excluding carboxylic acids is 1. The SMILES string of the molecule is CC(C)C(NC(=O)NC1CCCC1)C(N)=S. The fourth-order valence-corrected chi connectivity index (χ4v) is 2.34. The van der Waals surface area contributed by atoms with Crippen LogP contribution in [-0.4, -0.2) is 23.1 Å². The molecule has 4 N–H and O–H groups in total. The lowest BCUT2D eigenvalue weighted by Crippen LogP contribution is -2.52. The van der Waals surface area contributed by atoms with Crippen molar-refractivity contribution in [3.05, 3.63) is 0 Å². The molecule has 1 aliphatic rings. The fraction of sp³-hybridized carbons (Fsp3) is 0.818. The summed E-state index contributed by atoms with van der Waals surface area (Å²) in [6.07, 6.45) is 4.56. The van der Waals surface area contributed by atoms with Crippen molar-refractivity contribution in [2.75, 3.05) is 0 Å². The van der Waals surface area contributed by atoms with Gasteiger partial charge >= 0.3 is 6.03 Å². The van der Waals surface area contributed by atoms with Gasteiger partial charge in [0.25, 0.3) is 0 Å². The van der Waals surface area contributed by atoms with Crippen molar-refractivity contribution in [1.29, 1.82) is 0 Å². The van der Waals surface area contributed by atoms with Gasteiger partial charge in [-0.2, -0.15) is 0 Å². The second kappa shape index (κ2) is 6.03. The molecule has 0 aliphatic heterocycles. The minimum absolute atomic E-state index is 0.154. The highest BCUT2D eigenvalue weighted by Crippen LogP contribution is 2.17. The Morgan fingerprint density at radius 2 is 1.94 bits per heavy atom. The number of carbonyl (C=O) groups is 1. The van der Waals surface area contributed by atoms with Crippen molar-refractivity contribution in [2.24, 2.45) is 11.7 Å². The molecule has 1 fully saturated rings. The van der Waals surface area contributed by atoms with Crippen molar-refractivity contribution in [3.63, 3.8) is 0 Å². The predicted molar refractivity (Wildman–Crippen MR) is 69.3 cm³/mol. The van der Waals surface area contributed by atoms with E-state index >= 15 is 0 Å². The van der Waals surface area contributed by atoms with E-state index in [0.29, 0.717) is 11.0 Å². The zero-order valence-electron chi connectivity index (χ0n) is 9.95. The average molecular weight is 243 g/mol. The number of hydrogen-bond donors (Lipinski definition) is 3. The predicted octanol–water partition coefficient (Wildman–Crippen LogP) is 1.54. The van der Waals surface area contributed by atoms with E-state index in [1.54, 1.807) is 0 Å². The van der Waals surface area contributed by atoms with Gasteiger partial charge in [0.2, 0.25) is 0 Å². The van der Waals surface area contributed by atoms with E-state index in [2.05, 4.69) is 10.6 Å². The number of urea groups is 1. The van der Waals surface area contributed by atoms with Crippen LogP contribution in [0.2, 0.25) is 0 Å². The van der Waals surface area contributed by atoms with Gasteiger partial charge in [-0.15, -0.1) is 0 Å². The van der Waals surface area contributed by atoms with E-state index in [1.165, 1.54) is 12.8 Å². The van der Waals surface area contributed by atoms with Gasteiger partial charge in [-0.1, -0.05) is 38.9 Å². The Morgan fingerprint density at radius 3 is 2.38 bits per heavy atom. The molecule has 5 heteroatoms. The molecule has 1 aliphatic carbocycles. The molecule has 1 unspecified atom stereocenters. The number of hydrogen-bond acceptors (Lipinski definition) is 2. The largest absolute Gasteiger partial charge is 0.392 e. The standard InChI is InChI=1S/C11H21N3OS/c1-7(2)9(10(12)16)14-11(15)13-8-5-3-4-6-8/h7-9H,3-6H2,1-2H3,(H2,12,16)(H2,13,14,15). The lowest BCUT2D eigenvalue weighted by molar-refractivity contribution is 0.233. The van der Waals surface area contributed by atoms with Crippen LogP contribution in [0.5, 0.6) is 0 Å². The zero-order valence-corrected chi connectivity index (χ0v) is 10.8. The molecular weight excluding hydrogens is 222 g/mol. The molecule has 2 amide bonds. The molecule has 1 saturated carbocycles. The summed E-state index contributed by atoms with van der Waals surface area (Å²) in [5, 5.41) is 5.78. The first-order chi connectivity index (χ1) is 7.50. The van der Waals surface area contributed by atoms with E-state index in [1.807, 2.05) is 13.8 Å². The molecule has 0 aromatic heterocycles. The molecule has 0 bridgehead atoms. The number of amides is 2. The third kappa shape index (κ3) is 3.96. The molecule has 0 aromatic carbocycles. The van der Waals surface area contributed by atoms with Crippen LogP contribution in [-0.2, 0) is 0 Å². The smallest absolute Gasteiger partial charge is 0.315 e. The summed E-state index contributed by atoms with van der Waals surface area (Å²) in [5.74, 6) is 0.215. The molecule has 0 spiro atoms. The Balaban J connectivity index is 2.38. The van der Waals surface area contributed by atoms with Gasteiger partial charge in [-0.05, 0) is 18.8 Å². The van der Waals surface area contributed by atoms with Gasteiger partial charge < -0.3 is 16.4 Å². The minimum Gasteiger partial charge on any atom is -0.392 e. The summed E-state index contributed by atoms with van der Waals surface area (Å²) >= 11 is 4.93. The first-order valence-electron chi connectivity index (χ1n) is 5.87. The van der Waals surface area contributed by atoms with Crippen molar-refractivity contribution >= 4 is 23.2 Å². The first kappa shape index (κ1) is 13.2. The summed E-state index contributed by atoms with van der Waals surface area (Å²) in [6.45, 7) is 3.97. The van der Waals surface area contributed by atoms with Crippen LogP contribution >= 0.6 is 12.2 Å². The minimum atomic E-state index is -0.226. The van der Waals surface area contributed by atoms with Gasteiger partial charge in [0.05, 0.1) is 11.0 Å². The van der Waals surface area contributed by atoms with Crippen molar-refractivity contribution in [2.45, 2.75) is 51.6 Å². The monoisotopic (exact) mass is 243 g/mol. The highest BCUT2D eigenvalue weighted by atomic mass is 32.1. The number of nitrogens with two attached hydrogens (primary N) is 1. The lowest BCUT2D eigenvalue weighted by atomic mass is 10.1. The summed E-state index contributed by atoms with van der Waals surface area (Å²) in [5.41, 5.74) is 5.58. The van der Waals surface area contributed by atoms with Crippen LogP contribution in [0.1, 0.15) is 39.5 Å². The van der Waals surface area contributed by atoms with Gasteiger partial charge in [0.15, 0.2) is 0 Å². The van der Waals surface area contributed by atoms with E-state index in [-0.39, 0.29) is 18.0 Å². The number of rotatable bonds is 4. The van der Waals surface area contributed by atoms with E-state index in [4.69, 9.17) is 18.0 Å². The molecule has 0 radical (unpaired) electrons. The maximum Gasteiger partial charge on any atom is 0.315 e. The Labute approximate surface area is 102 Å². The van der Waals surface area contributed by atoms with Crippen molar-refractivity contribution in [1.82, 2.24) is 10.6 Å².